The van der Waals surface area contributed by atoms with Crippen molar-refractivity contribution in [1.29, 1.82) is 0 Å². The highest BCUT2D eigenvalue weighted by Crippen LogP contribution is 2.26. The van der Waals surface area contributed by atoms with Gasteiger partial charge >= 0.3 is 0 Å². The standard InChI is InChI=1S/C24H16ClN3OS/c25-20-7-8-21-18(13-20)12-19(23(29)27-21)14-30-24-26-10-9-22(28-24)17-6-5-15-3-1-2-4-16(15)11-17/h1-13H,14H2,(H,27,29). The third-order valence-corrected chi connectivity index (χ3v) is 6.06. The van der Waals surface area contributed by atoms with Crippen molar-refractivity contribution < 1.29 is 0 Å². The van der Waals surface area contributed by atoms with E-state index < -0.39 is 0 Å². The summed E-state index contributed by atoms with van der Waals surface area (Å²) < 4.78 is 0. The smallest absolute Gasteiger partial charge is 0.252 e. The van der Waals surface area contributed by atoms with Crippen molar-refractivity contribution in [2.75, 3.05) is 0 Å². The maximum Gasteiger partial charge on any atom is 0.252 e. The highest BCUT2D eigenvalue weighted by atomic mass is 35.5. The summed E-state index contributed by atoms with van der Waals surface area (Å²) in [5.41, 5.74) is 3.22. The van der Waals surface area contributed by atoms with E-state index in [-0.39, 0.29) is 5.56 Å². The Morgan fingerprint density at radius 3 is 2.67 bits per heavy atom. The minimum absolute atomic E-state index is 0.108. The number of halogens is 1. The highest BCUT2D eigenvalue weighted by Gasteiger charge is 2.08. The molecule has 0 amide bonds. The van der Waals surface area contributed by atoms with E-state index in [1.807, 2.05) is 36.4 Å². The first-order valence-electron chi connectivity index (χ1n) is 9.42. The van der Waals surface area contributed by atoms with E-state index in [1.165, 1.54) is 22.5 Å². The van der Waals surface area contributed by atoms with Crippen LogP contribution in [0, 0.1) is 0 Å². The van der Waals surface area contributed by atoms with Crippen LogP contribution in [0.25, 0.3) is 32.9 Å². The molecule has 0 saturated heterocycles. The van der Waals surface area contributed by atoms with E-state index in [0.717, 1.165) is 22.2 Å². The van der Waals surface area contributed by atoms with Gasteiger partial charge in [-0.05, 0) is 52.6 Å². The summed E-state index contributed by atoms with van der Waals surface area (Å²) in [5, 5.41) is 4.54. The van der Waals surface area contributed by atoms with Crippen molar-refractivity contribution in [1.82, 2.24) is 15.0 Å². The van der Waals surface area contributed by atoms with Crippen molar-refractivity contribution >= 4 is 45.0 Å². The molecule has 0 fully saturated rings. The van der Waals surface area contributed by atoms with Crippen molar-refractivity contribution in [3.63, 3.8) is 0 Å². The van der Waals surface area contributed by atoms with Gasteiger partial charge in [-0.25, -0.2) is 9.97 Å². The fourth-order valence-electron chi connectivity index (χ4n) is 3.39. The topological polar surface area (TPSA) is 58.6 Å². The number of aromatic nitrogens is 3. The molecular weight excluding hydrogens is 414 g/mol. The number of H-pyrrole nitrogens is 1. The predicted octanol–water partition coefficient (Wildman–Crippen LogP) is 6.08. The van der Waals surface area contributed by atoms with Crippen LogP contribution in [0.3, 0.4) is 0 Å². The summed E-state index contributed by atoms with van der Waals surface area (Å²) in [5.74, 6) is 0.471. The van der Waals surface area contributed by atoms with Crippen LogP contribution in [0.15, 0.2) is 88.9 Å². The molecule has 0 atom stereocenters. The number of hydrogen-bond donors (Lipinski definition) is 1. The fourth-order valence-corrected chi connectivity index (χ4v) is 4.37. The maximum atomic E-state index is 12.4. The SMILES string of the molecule is O=c1[nH]c2ccc(Cl)cc2cc1CSc1nccc(-c2ccc3ccccc3c2)n1. The molecule has 2 aromatic heterocycles. The molecule has 4 nitrogen and oxygen atoms in total. The van der Waals surface area contributed by atoms with Gasteiger partial charge in [0.15, 0.2) is 5.16 Å². The fraction of sp³-hybridized carbons (Fsp3) is 0.0417. The van der Waals surface area contributed by atoms with Crippen LogP contribution in [0.5, 0.6) is 0 Å². The Bertz CT molecular complexity index is 1450. The largest absolute Gasteiger partial charge is 0.322 e. The van der Waals surface area contributed by atoms with Gasteiger partial charge in [0.1, 0.15) is 0 Å². The van der Waals surface area contributed by atoms with Crippen LogP contribution >= 0.6 is 23.4 Å². The lowest BCUT2D eigenvalue weighted by Gasteiger charge is -2.06. The van der Waals surface area contributed by atoms with Crippen molar-refractivity contribution in [3.05, 3.63) is 99.9 Å². The first-order chi connectivity index (χ1) is 14.7. The number of nitrogens with zero attached hydrogens (tertiary/aromatic N) is 2. The normalized spacial score (nSPS) is 11.2. The van der Waals surface area contributed by atoms with Gasteiger partial charge in [0.2, 0.25) is 0 Å². The number of benzene rings is 3. The lowest BCUT2D eigenvalue weighted by Crippen LogP contribution is -2.11. The molecule has 0 aliphatic rings. The second kappa shape index (κ2) is 7.94. The number of hydrogen-bond acceptors (Lipinski definition) is 4. The van der Waals surface area contributed by atoms with Crippen LogP contribution in [0.4, 0.5) is 0 Å². The van der Waals surface area contributed by atoms with Gasteiger partial charge in [-0.3, -0.25) is 4.79 Å². The monoisotopic (exact) mass is 429 g/mol. The Labute approximate surface area is 182 Å². The van der Waals surface area contributed by atoms with Gasteiger partial charge in [-0.2, -0.15) is 0 Å². The molecule has 0 aliphatic heterocycles. The third kappa shape index (κ3) is 3.82. The molecule has 5 aromatic rings. The second-order valence-electron chi connectivity index (χ2n) is 6.93. The van der Waals surface area contributed by atoms with Crippen LogP contribution in [0.1, 0.15) is 5.56 Å². The maximum absolute atomic E-state index is 12.4. The number of rotatable bonds is 4. The average molecular weight is 430 g/mol. The van der Waals surface area contributed by atoms with Crippen molar-refractivity contribution in [3.8, 4) is 11.3 Å². The highest BCUT2D eigenvalue weighted by molar-refractivity contribution is 7.98. The minimum Gasteiger partial charge on any atom is -0.322 e. The summed E-state index contributed by atoms with van der Waals surface area (Å²) in [6.45, 7) is 0. The quantitative estimate of drug-likeness (QED) is 0.277. The summed E-state index contributed by atoms with van der Waals surface area (Å²) in [6.07, 6.45) is 1.75. The Balaban J connectivity index is 1.41. The molecule has 1 N–H and O–H groups in total. The van der Waals surface area contributed by atoms with E-state index in [9.17, 15) is 4.79 Å². The molecule has 0 bridgehead atoms. The van der Waals surface area contributed by atoms with Gasteiger partial charge < -0.3 is 4.98 Å². The van der Waals surface area contributed by atoms with Crippen LogP contribution < -0.4 is 5.56 Å². The molecule has 3 aromatic carbocycles. The molecule has 146 valence electrons. The number of thioether (sulfide) groups is 1. The summed E-state index contributed by atoms with van der Waals surface area (Å²) >= 11 is 7.52. The Hall–Kier alpha value is -3.15. The molecule has 0 spiro atoms. The van der Waals surface area contributed by atoms with Gasteiger partial charge in [-0.15, -0.1) is 0 Å². The molecule has 2 heterocycles. The lowest BCUT2D eigenvalue weighted by molar-refractivity contribution is 0.972. The van der Waals surface area contributed by atoms with Gasteiger partial charge in [-0.1, -0.05) is 59.8 Å². The Morgan fingerprint density at radius 2 is 1.77 bits per heavy atom. The third-order valence-electron chi connectivity index (χ3n) is 4.92. The zero-order valence-corrected chi connectivity index (χ0v) is 17.4. The first-order valence-corrected chi connectivity index (χ1v) is 10.8. The van der Waals surface area contributed by atoms with Gasteiger partial charge in [0.25, 0.3) is 5.56 Å². The van der Waals surface area contributed by atoms with Gasteiger partial charge in [0.05, 0.1) is 5.69 Å². The Kier molecular flexibility index (Phi) is 4.99. The molecule has 0 radical (unpaired) electrons. The molecular formula is C24H16ClN3OS. The zero-order valence-electron chi connectivity index (χ0n) is 15.8. The van der Waals surface area contributed by atoms with E-state index in [0.29, 0.717) is 21.5 Å². The number of nitrogens with one attached hydrogen (secondary N) is 1. The van der Waals surface area contributed by atoms with E-state index in [4.69, 9.17) is 11.6 Å². The van der Waals surface area contributed by atoms with Crippen LogP contribution in [0.2, 0.25) is 5.02 Å². The summed E-state index contributed by atoms with van der Waals surface area (Å²) in [6, 6.07) is 23.7. The lowest BCUT2D eigenvalue weighted by atomic mass is 10.1. The second-order valence-corrected chi connectivity index (χ2v) is 8.31. The van der Waals surface area contributed by atoms with Gasteiger partial charge in [0, 0.05) is 33.6 Å². The van der Waals surface area contributed by atoms with E-state index in [2.05, 4.69) is 45.3 Å². The van der Waals surface area contributed by atoms with Crippen molar-refractivity contribution in [2.24, 2.45) is 0 Å². The predicted molar refractivity (Wildman–Crippen MR) is 124 cm³/mol. The number of aromatic amines is 1. The van der Waals surface area contributed by atoms with Crippen LogP contribution in [-0.4, -0.2) is 15.0 Å². The number of fused-ring (bicyclic) bond motifs is 2. The van der Waals surface area contributed by atoms with E-state index in [1.54, 1.807) is 12.3 Å². The van der Waals surface area contributed by atoms with Crippen LogP contribution in [-0.2, 0) is 5.75 Å². The molecule has 0 unspecified atom stereocenters. The first kappa shape index (κ1) is 18.9. The molecule has 30 heavy (non-hydrogen) atoms. The zero-order chi connectivity index (χ0) is 20.5. The minimum atomic E-state index is -0.108. The molecule has 5 rings (SSSR count). The molecule has 0 aliphatic carbocycles. The summed E-state index contributed by atoms with van der Waals surface area (Å²) in [4.78, 5) is 24.4. The van der Waals surface area contributed by atoms with Crippen molar-refractivity contribution in [2.45, 2.75) is 10.9 Å². The molecule has 6 heteroatoms. The summed E-state index contributed by atoms with van der Waals surface area (Å²) in [7, 11) is 0. The average Bonchev–Trinajstić information content (AvgIpc) is 2.78. The van der Waals surface area contributed by atoms with E-state index >= 15 is 0 Å². The molecule has 0 saturated carbocycles. The number of pyridine rings is 1. The Morgan fingerprint density at radius 1 is 0.900 bits per heavy atom.